The van der Waals surface area contributed by atoms with Gasteiger partial charge in [-0.15, -0.1) is 0 Å². The van der Waals surface area contributed by atoms with E-state index in [9.17, 15) is 13.6 Å². The average molecular weight is 314 g/mol. The Balaban J connectivity index is 2.73. The third-order valence-corrected chi connectivity index (χ3v) is 3.49. The van der Waals surface area contributed by atoms with Gasteiger partial charge in [0.2, 0.25) is 0 Å². The van der Waals surface area contributed by atoms with Crippen LogP contribution in [0.1, 0.15) is 38.2 Å². The van der Waals surface area contributed by atoms with Gasteiger partial charge in [-0.25, -0.2) is 8.78 Å². The van der Waals surface area contributed by atoms with E-state index >= 15 is 0 Å². The maximum absolute atomic E-state index is 13.8. The normalized spacial score (nSPS) is 14.0. The number of ether oxygens (including phenoxy) is 1. The first-order chi connectivity index (χ1) is 10.4. The molecule has 0 aliphatic carbocycles. The van der Waals surface area contributed by atoms with Crippen LogP contribution in [0.5, 0.6) is 0 Å². The minimum Gasteiger partial charge on any atom is -0.462 e. The summed E-state index contributed by atoms with van der Waals surface area (Å²) in [4.78, 5) is 11.9. The van der Waals surface area contributed by atoms with Crippen LogP contribution in [0.4, 0.5) is 8.78 Å². The summed E-state index contributed by atoms with van der Waals surface area (Å²) in [5.74, 6) is -2.46. The minimum absolute atomic E-state index is 0.177. The van der Waals surface area contributed by atoms with Crippen LogP contribution >= 0.6 is 0 Å². The van der Waals surface area contributed by atoms with Gasteiger partial charge in [-0.1, -0.05) is 12.1 Å². The number of rotatable bonds is 8. The van der Waals surface area contributed by atoms with Gasteiger partial charge >= 0.3 is 5.97 Å². The molecule has 4 nitrogen and oxygen atoms in total. The van der Waals surface area contributed by atoms with Gasteiger partial charge in [-0.2, -0.15) is 0 Å². The molecule has 3 N–H and O–H groups in total. The van der Waals surface area contributed by atoms with Gasteiger partial charge < -0.3 is 15.8 Å². The standard InChI is InChI=1S/C16H24F2N2O2/c1-10(2)22-16(21)14(20-3)8-7-11(9-19)12-5-4-6-13(17)15(12)18/h4-6,10-11,14,20H,7-9,19H2,1-3H3. The van der Waals surface area contributed by atoms with Crippen molar-refractivity contribution in [2.75, 3.05) is 13.6 Å². The van der Waals surface area contributed by atoms with Crippen LogP contribution in [0.2, 0.25) is 0 Å². The van der Waals surface area contributed by atoms with Crippen LogP contribution < -0.4 is 11.1 Å². The first kappa shape index (κ1) is 18.5. The maximum Gasteiger partial charge on any atom is 0.323 e. The van der Waals surface area contributed by atoms with E-state index in [4.69, 9.17) is 10.5 Å². The molecular weight excluding hydrogens is 290 g/mol. The number of nitrogens with one attached hydrogen (secondary N) is 1. The largest absolute Gasteiger partial charge is 0.462 e. The molecule has 0 saturated carbocycles. The summed E-state index contributed by atoms with van der Waals surface area (Å²) in [5.41, 5.74) is 5.93. The lowest BCUT2D eigenvalue weighted by atomic mass is 9.92. The van der Waals surface area contributed by atoms with Crippen molar-refractivity contribution in [3.8, 4) is 0 Å². The van der Waals surface area contributed by atoms with Gasteiger partial charge in [0.1, 0.15) is 6.04 Å². The molecule has 124 valence electrons. The van der Waals surface area contributed by atoms with Crippen molar-refractivity contribution >= 4 is 5.97 Å². The smallest absolute Gasteiger partial charge is 0.323 e. The van der Waals surface area contributed by atoms with Gasteiger partial charge in [0.05, 0.1) is 6.10 Å². The van der Waals surface area contributed by atoms with E-state index in [2.05, 4.69) is 5.32 Å². The predicted octanol–water partition coefficient (Wildman–Crippen LogP) is 2.33. The van der Waals surface area contributed by atoms with E-state index in [-0.39, 0.29) is 30.1 Å². The fourth-order valence-corrected chi connectivity index (χ4v) is 2.30. The summed E-state index contributed by atoms with van der Waals surface area (Å²) in [6.07, 6.45) is 0.685. The van der Waals surface area contributed by atoms with E-state index in [0.717, 1.165) is 6.07 Å². The fourth-order valence-electron chi connectivity index (χ4n) is 2.30. The highest BCUT2D eigenvalue weighted by Crippen LogP contribution is 2.25. The summed E-state index contributed by atoms with van der Waals surface area (Å²) in [6, 6.07) is 3.56. The summed E-state index contributed by atoms with van der Waals surface area (Å²) >= 11 is 0. The summed E-state index contributed by atoms with van der Waals surface area (Å²) in [6.45, 7) is 3.72. The topological polar surface area (TPSA) is 64.3 Å². The van der Waals surface area contributed by atoms with Crippen LogP contribution in [0.25, 0.3) is 0 Å². The Bertz CT molecular complexity index is 495. The van der Waals surface area contributed by atoms with Gasteiger partial charge in [-0.05, 0) is 57.8 Å². The molecule has 0 bridgehead atoms. The number of halogens is 2. The number of esters is 1. The molecule has 2 unspecified atom stereocenters. The van der Waals surface area contributed by atoms with Crippen molar-refractivity contribution in [2.24, 2.45) is 5.73 Å². The molecule has 0 aliphatic heterocycles. The van der Waals surface area contributed by atoms with Crippen molar-refractivity contribution < 1.29 is 18.3 Å². The van der Waals surface area contributed by atoms with E-state index < -0.39 is 17.7 Å². The van der Waals surface area contributed by atoms with Crippen LogP contribution in [-0.2, 0) is 9.53 Å². The summed E-state index contributed by atoms with van der Waals surface area (Å²) in [5, 5.41) is 2.88. The van der Waals surface area contributed by atoms with Crippen LogP contribution in [0.3, 0.4) is 0 Å². The lowest BCUT2D eigenvalue weighted by Crippen LogP contribution is -2.37. The Kier molecular flexibility index (Phi) is 7.41. The highest BCUT2D eigenvalue weighted by Gasteiger charge is 2.23. The zero-order chi connectivity index (χ0) is 16.7. The predicted molar refractivity (Wildman–Crippen MR) is 81.5 cm³/mol. The Hall–Kier alpha value is -1.53. The Morgan fingerprint density at radius 3 is 2.55 bits per heavy atom. The zero-order valence-corrected chi connectivity index (χ0v) is 13.2. The number of carbonyl (C=O) groups is 1. The lowest BCUT2D eigenvalue weighted by molar-refractivity contribution is -0.150. The molecule has 0 radical (unpaired) electrons. The highest BCUT2D eigenvalue weighted by atomic mass is 19.2. The Morgan fingerprint density at radius 2 is 2.00 bits per heavy atom. The van der Waals surface area contributed by atoms with E-state index in [1.54, 1.807) is 20.9 Å². The van der Waals surface area contributed by atoms with Crippen molar-refractivity contribution in [3.05, 3.63) is 35.4 Å². The summed E-state index contributed by atoms with van der Waals surface area (Å²) in [7, 11) is 1.66. The van der Waals surface area contributed by atoms with Gasteiger partial charge in [0.25, 0.3) is 0 Å². The number of likely N-dealkylation sites (N-methyl/N-ethyl adjacent to an activating group) is 1. The monoisotopic (exact) mass is 314 g/mol. The fraction of sp³-hybridized carbons (Fsp3) is 0.562. The van der Waals surface area contributed by atoms with Crippen LogP contribution in [-0.4, -0.2) is 31.7 Å². The number of hydrogen-bond acceptors (Lipinski definition) is 4. The third kappa shape index (κ3) is 5.03. The number of benzene rings is 1. The molecule has 22 heavy (non-hydrogen) atoms. The molecule has 0 heterocycles. The van der Waals surface area contributed by atoms with Crippen molar-refractivity contribution in [1.82, 2.24) is 5.32 Å². The average Bonchev–Trinajstić information content (AvgIpc) is 2.46. The summed E-state index contributed by atoms with van der Waals surface area (Å²) < 4.78 is 32.3. The third-order valence-electron chi connectivity index (χ3n) is 3.49. The zero-order valence-electron chi connectivity index (χ0n) is 13.2. The lowest BCUT2D eigenvalue weighted by Gasteiger charge is -2.21. The van der Waals surface area contributed by atoms with Crippen LogP contribution in [0, 0.1) is 11.6 Å². The van der Waals surface area contributed by atoms with E-state index in [1.807, 2.05) is 0 Å². The minimum atomic E-state index is -0.889. The second-order valence-corrected chi connectivity index (χ2v) is 5.48. The molecule has 0 amide bonds. The van der Waals surface area contributed by atoms with Crippen LogP contribution in [0.15, 0.2) is 18.2 Å². The molecule has 2 atom stereocenters. The van der Waals surface area contributed by atoms with E-state index in [0.29, 0.717) is 12.8 Å². The number of hydrogen-bond donors (Lipinski definition) is 2. The second-order valence-electron chi connectivity index (χ2n) is 5.48. The van der Waals surface area contributed by atoms with Crippen molar-refractivity contribution in [2.45, 2.75) is 44.8 Å². The maximum atomic E-state index is 13.8. The molecule has 1 aromatic rings. The molecular formula is C16H24F2N2O2. The highest BCUT2D eigenvalue weighted by molar-refractivity contribution is 5.75. The van der Waals surface area contributed by atoms with Crippen molar-refractivity contribution in [3.63, 3.8) is 0 Å². The quantitative estimate of drug-likeness (QED) is 0.723. The second kappa shape index (κ2) is 8.80. The molecule has 1 rings (SSSR count). The van der Waals surface area contributed by atoms with Gasteiger partial charge in [0, 0.05) is 0 Å². The first-order valence-corrected chi connectivity index (χ1v) is 7.42. The number of carbonyl (C=O) groups excluding carboxylic acids is 1. The molecule has 0 spiro atoms. The van der Waals surface area contributed by atoms with Gasteiger partial charge in [0.15, 0.2) is 11.6 Å². The molecule has 0 saturated heterocycles. The van der Waals surface area contributed by atoms with Gasteiger partial charge in [-0.3, -0.25) is 4.79 Å². The number of nitrogens with two attached hydrogens (primary N) is 1. The molecule has 0 aliphatic rings. The van der Waals surface area contributed by atoms with E-state index in [1.165, 1.54) is 12.1 Å². The van der Waals surface area contributed by atoms with Crippen molar-refractivity contribution in [1.29, 1.82) is 0 Å². The SMILES string of the molecule is CNC(CCC(CN)c1cccc(F)c1F)C(=O)OC(C)C. The molecule has 0 aromatic heterocycles. The first-order valence-electron chi connectivity index (χ1n) is 7.42. The Morgan fingerprint density at radius 1 is 1.32 bits per heavy atom. The molecule has 6 heteroatoms. The Labute approximate surface area is 130 Å². The molecule has 0 fully saturated rings. The molecule has 1 aromatic carbocycles.